The van der Waals surface area contributed by atoms with Gasteiger partial charge in [-0.05, 0) is 75.2 Å². The molecule has 1 aromatic carbocycles. The van der Waals surface area contributed by atoms with Gasteiger partial charge in [0.2, 0.25) is 5.95 Å². The van der Waals surface area contributed by atoms with Gasteiger partial charge in [-0.2, -0.15) is 4.98 Å². The second-order valence-corrected chi connectivity index (χ2v) is 11.4. The summed E-state index contributed by atoms with van der Waals surface area (Å²) in [5.41, 5.74) is 5.10. The Bertz CT molecular complexity index is 1520. The van der Waals surface area contributed by atoms with E-state index in [1.54, 1.807) is 6.20 Å². The van der Waals surface area contributed by atoms with Gasteiger partial charge in [-0.1, -0.05) is 32.9 Å². The lowest BCUT2D eigenvalue weighted by Crippen LogP contribution is -2.27. The predicted molar refractivity (Wildman–Crippen MR) is 142 cm³/mol. The third kappa shape index (κ3) is 3.99. The number of likely N-dealkylation sites (N-methyl/N-ethyl adjacent to an activating group) is 1. The lowest BCUT2D eigenvalue weighted by Gasteiger charge is -2.19. The standard InChI is InChI=1S/C28H33N7O/c1-28(2,3)23-7-6-8-24(31-23)35-25-22(26(36)34(35)20-11-12-20)16-29-27(32-25)30-19-10-9-17-14-21(33(4)5)15-18(17)13-19/h6-10,13,16,20-21H,11-12,14-15H2,1-5H3,(H,29,30,32). The minimum atomic E-state index is -0.107. The summed E-state index contributed by atoms with van der Waals surface area (Å²) in [6.45, 7) is 6.42. The third-order valence-electron chi connectivity index (χ3n) is 7.34. The molecule has 0 bridgehead atoms. The molecule has 0 spiro atoms. The molecule has 1 unspecified atom stereocenters. The zero-order valence-electron chi connectivity index (χ0n) is 21.6. The van der Waals surface area contributed by atoms with Gasteiger partial charge in [0.25, 0.3) is 5.56 Å². The molecule has 2 aliphatic rings. The summed E-state index contributed by atoms with van der Waals surface area (Å²) in [6.07, 6.45) is 5.73. The normalized spacial score (nSPS) is 17.7. The van der Waals surface area contributed by atoms with Crippen LogP contribution in [0.1, 0.15) is 56.5 Å². The largest absolute Gasteiger partial charge is 0.324 e. The lowest BCUT2D eigenvalue weighted by atomic mass is 9.92. The molecule has 0 radical (unpaired) electrons. The molecule has 3 aromatic heterocycles. The molecule has 1 saturated carbocycles. The summed E-state index contributed by atoms with van der Waals surface area (Å²) >= 11 is 0. The SMILES string of the molecule is CN(C)C1Cc2ccc(Nc3ncc4c(=O)n(C5CC5)n(-c5cccc(C(C)(C)C)n5)c4n3)cc2C1. The quantitative estimate of drug-likeness (QED) is 0.454. The van der Waals surface area contributed by atoms with E-state index >= 15 is 0 Å². The fraction of sp³-hybridized carbons (Fsp3) is 0.429. The highest BCUT2D eigenvalue weighted by atomic mass is 16.1. The van der Waals surface area contributed by atoms with Crippen LogP contribution in [0.2, 0.25) is 0 Å². The topological polar surface area (TPSA) is 80.9 Å². The number of fused-ring (bicyclic) bond motifs is 2. The first-order valence-electron chi connectivity index (χ1n) is 12.7. The van der Waals surface area contributed by atoms with Crippen LogP contribution in [0.4, 0.5) is 11.6 Å². The van der Waals surface area contributed by atoms with E-state index in [9.17, 15) is 4.79 Å². The van der Waals surface area contributed by atoms with E-state index in [1.165, 1.54) is 11.1 Å². The van der Waals surface area contributed by atoms with Gasteiger partial charge in [-0.25, -0.2) is 19.3 Å². The van der Waals surface area contributed by atoms with Crippen LogP contribution in [0.25, 0.3) is 16.9 Å². The molecule has 0 amide bonds. The number of aromatic nitrogens is 5. The maximum Gasteiger partial charge on any atom is 0.278 e. The number of nitrogens with one attached hydrogen (secondary N) is 1. The van der Waals surface area contributed by atoms with Gasteiger partial charge in [-0.15, -0.1) is 0 Å². The molecule has 2 aliphatic carbocycles. The molecule has 4 aromatic rings. The average Bonchev–Trinajstić information content (AvgIpc) is 3.51. The number of benzene rings is 1. The minimum Gasteiger partial charge on any atom is -0.324 e. The molecule has 36 heavy (non-hydrogen) atoms. The lowest BCUT2D eigenvalue weighted by molar-refractivity contribution is 0.303. The second kappa shape index (κ2) is 8.27. The van der Waals surface area contributed by atoms with Crippen molar-refractivity contribution in [2.75, 3.05) is 19.4 Å². The van der Waals surface area contributed by atoms with Crippen molar-refractivity contribution < 1.29 is 0 Å². The summed E-state index contributed by atoms with van der Waals surface area (Å²) in [5, 5.41) is 3.89. The number of hydrogen-bond donors (Lipinski definition) is 1. The highest BCUT2D eigenvalue weighted by Crippen LogP contribution is 2.36. The molecule has 3 heterocycles. The predicted octanol–water partition coefficient (Wildman–Crippen LogP) is 4.38. The van der Waals surface area contributed by atoms with Gasteiger partial charge in [0, 0.05) is 29.0 Å². The number of pyridine rings is 1. The average molecular weight is 484 g/mol. The Balaban J connectivity index is 1.41. The summed E-state index contributed by atoms with van der Waals surface area (Å²) in [6, 6.07) is 13.2. The number of hydrogen-bond acceptors (Lipinski definition) is 6. The van der Waals surface area contributed by atoms with Gasteiger partial charge in [0.15, 0.2) is 11.5 Å². The molecule has 6 rings (SSSR count). The van der Waals surface area contributed by atoms with Crippen molar-refractivity contribution in [1.29, 1.82) is 0 Å². The van der Waals surface area contributed by atoms with Crippen LogP contribution in [-0.2, 0) is 18.3 Å². The van der Waals surface area contributed by atoms with E-state index in [2.05, 4.69) is 68.3 Å². The van der Waals surface area contributed by atoms with Crippen molar-refractivity contribution in [2.45, 2.75) is 64.0 Å². The Hall–Kier alpha value is -3.52. The Kier molecular flexibility index (Phi) is 5.26. The van der Waals surface area contributed by atoms with Gasteiger partial charge < -0.3 is 10.2 Å². The van der Waals surface area contributed by atoms with Crippen molar-refractivity contribution in [3.05, 3.63) is 69.8 Å². The molecular weight excluding hydrogens is 450 g/mol. The Labute approximate surface area is 211 Å². The summed E-state index contributed by atoms with van der Waals surface area (Å²) in [7, 11) is 4.27. The van der Waals surface area contributed by atoms with E-state index in [-0.39, 0.29) is 17.0 Å². The van der Waals surface area contributed by atoms with E-state index in [0.717, 1.165) is 37.1 Å². The van der Waals surface area contributed by atoms with Crippen LogP contribution >= 0.6 is 0 Å². The number of rotatable bonds is 5. The van der Waals surface area contributed by atoms with Gasteiger partial charge in [0.1, 0.15) is 5.39 Å². The fourth-order valence-electron chi connectivity index (χ4n) is 5.05. The van der Waals surface area contributed by atoms with Crippen molar-refractivity contribution in [3.8, 4) is 5.82 Å². The first-order valence-corrected chi connectivity index (χ1v) is 12.7. The zero-order chi connectivity index (χ0) is 25.2. The van der Waals surface area contributed by atoms with Crippen LogP contribution in [0.15, 0.2) is 47.4 Å². The summed E-state index contributed by atoms with van der Waals surface area (Å²) in [4.78, 5) is 30.0. The minimum absolute atomic E-state index is 0.0609. The van der Waals surface area contributed by atoms with Crippen molar-refractivity contribution in [1.82, 2.24) is 29.2 Å². The molecule has 0 aliphatic heterocycles. The second-order valence-electron chi connectivity index (χ2n) is 11.4. The Morgan fingerprint density at radius 2 is 1.81 bits per heavy atom. The first kappa shape index (κ1) is 22.9. The van der Waals surface area contributed by atoms with E-state index < -0.39 is 0 Å². The molecule has 186 valence electrons. The monoisotopic (exact) mass is 483 g/mol. The number of anilines is 2. The van der Waals surface area contributed by atoms with E-state index in [1.807, 2.05) is 27.6 Å². The third-order valence-corrected chi connectivity index (χ3v) is 7.34. The highest BCUT2D eigenvalue weighted by molar-refractivity contribution is 5.77. The molecular formula is C28H33N7O. The molecule has 1 fully saturated rings. The van der Waals surface area contributed by atoms with Crippen molar-refractivity contribution in [2.24, 2.45) is 0 Å². The van der Waals surface area contributed by atoms with Crippen LogP contribution in [0.3, 0.4) is 0 Å². The Morgan fingerprint density at radius 1 is 1.03 bits per heavy atom. The zero-order valence-corrected chi connectivity index (χ0v) is 21.6. The molecule has 1 atom stereocenters. The van der Waals surface area contributed by atoms with Crippen molar-refractivity contribution >= 4 is 22.7 Å². The van der Waals surface area contributed by atoms with Gasteiger partial charge in [0.05, 0.1) is 6.04 Å². The van der Waals surface area contributed by atoms with Gasteiger partial charge in [-0.3, -0.25) is 4.79 Å². The Morgan fingerprint density at radius 3 is 2.53 bits per heavy atom. The maximum absolute atomic E-state index is 13.4. The fourth-order valence-corrected chi connectivity index (χ4v) is 5.05. The van der Waals surface area contributed by atoms with Gasteiger partial charge >= 0.3 is 0 Å². The maximum atomic E-state index is 13.4. The van der Waals surface area contributed by atoms with Crippen LogP contribution in [-0.4, -0.2) is 49.4 Å². The highest BCUT2D eigenvalue weighted by Gasteiger charge is 2.31. The van der Waals surface area contributed by atoms with E-state index in [0.29, 0.717) is 28.8 Å². The molecule has 8 heteroatoms. The van der Waals surface area contributed by atoms with Crippen molar-refractivity contribution in [3.63, 3.8) is 0 Å². The summed E-state index contributed by atoms with van der Waals surface area (Å²) < 4.78 is 3.70. The molecule has 8 nitrogen and oxygen atoms in total. The number of nitrogens with zero attached hydrogens (tertiary/aromatic N) is 6. The first-order chi connectivity index (χ1) is 17.2. The van der Waals surface area contributed by atoms with Crippen LogP contribution < -0.4 is 10.9 Å². The van der Waals surface area contributed by atoms with Crippen LogP contribution in [0.5, 0.6) is 0 Å². The summed E-state index contributed by atoms with van der Waals surface area (Å²) in [5.74, 6) is 1.18. The molecule has 1 N–H and O–H groups in total. The smallest absolute Gasteiger partial charge is 0.278 e. The van der Waals surface area contributed by atoms with Crippen LogP contribution in [0, 0.1) is 0 Å². The molecule has 0 saturated heterocycles. The van der Waals surface area contributed by atoms with E-state index in [4.69, 9.17) is 9.97 Å².